The van der Waals surface area contributed by atoms with Crippen LogP contribution in [0.5, 0.6) is 0 Å². The van der Waals surface area contributed by atoms with Gasteiger partial charge in [-0.25, -0.2) is 9.78 Å². The second-order valence-corrected chi connectivity index (χ2v) is 6.31. The number of imidazole rings is 1. The van der Waals surface area contributed by atoms with Crippen LogP contribution in [0.3, 0.4) is 0 Å². The molecule has 3 rings (SSSR count). The number of amides is 4. The number of nitrogens with one attached hydrogen (secondary N) is 3. The molecule has 1 saturated heterocycles. The zero-order valence-electron chi connectivity index (χ0n) is 14.2. The fourth-order valence-electron chi connectivity index (χ4n) is 3.01. The molecule has 25 heavy (non-hydrogen) atoms. The van der Waals surface area contributed by atoms with Crippen LogP contribution in [0.25, 0.3) is 11.0 Å². The normalized spacial score (nSPS) is 18.0. The maximum atomic E-state index is 12.4. The molecule has 0 saturated carbocycles. The van der Waals surface area contributed by atoms with Crippen LogP contribution >= 0.6 is 0 Å². The lowest BCUT2D eigenvalue weighted by Gasteiger charge is -2.16. The molecule has 0 bridgehead atoms. The van der Waals surface area contributed by atoms with Crippen LogP contribution in [0.2, 0.25) is 0 Å². The fourth-order valence-corrected chi connectivity index (χ4v) is 3.01. The molecule has 1 atom stereocenters. The van der Waals surface area contributed by atoms with Crippen LogP contribution in [-0.4, -0.2) is 33.4 Å². The Bertz CT molecular complexity index is 827. The van der Waals surface area contributed by atoms with Gasteiger partial charge in [0.25, 0.3) is 0 Å². The van der Waals surface area contributed by atoms with Crippen molar-refractivity contribution in [2.24, 2.45) is 0 Å². The number of benzene rings is 1. The van der Waals surface area contributed by atoms with Crippen LogP contribution in [0.4, 0.5) is 4.79 Å². The summed E-state index contributed by atoms with van der Waals surface area (Å²) in [5.74, 6) is 0.0420. The Kier molecular flexibility index (Phi) is 4.69. The molecule has 1 aliphatic rings. The van der Waals surface area contributed by atoms with Crippen molar-refractivity contribution in [2.75, 3.05) is 0 Å². The van der Waals surface area contributed by atoms with E-state index in [1.54, 1.807) is 0 Å². The molecular weight excluding hydrogens is 322 g/mol. The van der Waals surface area contributed by atoms with Gasteiger partial charge in [0.05, 0.1) is 17.6 Å². The first kappa shape index (κ1) is 16.9. The minimum Gasteiger partial charge on any atom is -0.347 e. The molecule has 1 aromatic heterocycles. The minimum atomic E-state index is -0.733. The molecule has 1 fully saturated rings. The highest BCUT2D eigenvalue weighted by atomic mass is 16.2. The lowest BCUT2D eigenvalue weighted by atomic mass is 10.1. The molecule has 1 aromatic carbocycles. The maximum Gasteiger partial charge on any atom is 0.322 e. The van der Waals surface area contributed by atoms with Gasteiger partial charge in [-0.15, -0.1) is 0 Å². The Morgan fingerprint density at radius 2 is 2.12 bits per heavy atom. The van der Waals surface area contributed by atoms with Gasteiger partial charge >= 0.3 is 6.03 Å². The molecule has 0 spiro atoms. The fraction of sp³-hybridized carbons (Fsp3) is 0.412. The zero-order chi connectivity index (χ0) is 18.0. The Morgan fingerprint density at radius 3 is 2.88 bits per heavy atom. The smallest absolute Gasteiger partial charge is 0.322 e. The molecule has 2 heterocycles. The van der Waals surface area contributed by atoms with Gasteiger partial charge in [0.1, 0.15) is 11.9 Å². The quantitative estimate of drug-likeness (QED) is 0.776. The lowest BCUT2D eigenvalue weighted by Crippen LogP contribution is -2.48. The van der Waals surface area contributed by atoms with Crippen molar-refractivity contribution in [3.05, 3.63) is 30.1 Å². The third kappa shape index (κ3) is 3.62. The number of carbonyl (C=O) groups excluding carboxylic acids is 3. The molecule has 0 aliphatic carbocycles. The Labute approximate surface area is 145 Å². The summed E-state index contributed by atoms with van der Waals surface area (Å²) in [6.07, 6.45) is 0.394. The van der Waals surface area contributed by atoms with Crippen LogP contribution in [0.15, 0.2) is 24.3 Å². The van der Waals surface area contributed by atoms with Crippen molar-refractivity contribution in [2.45, 2.75) is 45.3 Å². The number of imide groups is 1. The van der Waals surface area contributed by atoms with Crippen molar-refractivity contribution in [1.29, 1.82) is 0 Å². The third-order valence-corrected chi connectivity index (χ3v) is 4.14. The van der Waals surface area contributed by atoms with E-state index in [1.807, 2.05) is 24.3 Å². The summed E-state index contributed by atoms with van der Waals surface area (Å²) < 4.78 is 2.08. The zero-order valence-corrected chi connectivity index (χ0v) is 14.2. The number of carbonyl (C=O) groups is 3. The Hall–Kier alpha value is -2.90. The summed E-state index contributed by atoms with van der Waals surface area (Å²) in [5, 5.41) is 7.47. The van der Waals surface area contributed by atoms with Crippen LogP contribution in [-0.2, 0) is 16.1 Å². The maximum absolute atomic E-state index is 12.4. The summed E-state index contributed by atoms with van der Waals surface area (Å²) in [5.41, 5.74) is 1.89. The van der Waals surface area contributed by atoms with E-state index in [-0.39, 0.29) is 37.2 Å². The van der Waals surface area contributed by atoms with Gasteiger partial charge < -0.3 is 15.2 Å². The summed E-state index contributed by atoms with van der Waals surface area (Å²) in [4.78, 5) is 39.8. The molecule has 1 aliphatic heterocycles. The molecule has 132 valence electrons. The number of rotatable bonds is 4. The van der Waals surface area contributed by atoms with Gasteiger partial charge in [-0.1, -0.05) is 12.1 Å². The van der Waals surface area contributed by atoms with E-state index in [1.165, 1.54) is 0 Å². The van der Waals surface area contributed by atoms with Gasteiger partial charge in [-0.2, -0.15) is 0 Å². The first-order valence-electron chi connectivity index (χ1n) is 8.29. The van der Waals surface area contributed by atoms with Gasteiger partial charge in [0.15, 0.2) is 0 Å². The number of nitrogens with zero attached hydrogens (tertiary/aromatic N) is 2. The van der Waals surface area contributed by atoms with Crippen molar-refractivity contribution in [1.82, 2.24) is 25.5 Å². The number of urea groups is 1. The second-order valence-electron chi connectivity index (χ2n) is 6.31. The SMILES string of the molecule is CC(C)n1c(CNC(=O)C2CCC(=O)NC(=O)N2)nc2ccccc21. The van der Waals surface area contributed by atoms with E-state index in [0.29, 0.717) is 0 Å². The summed E-state index contributed by atoms with van der Waals surface area (Å²) in [7, 11) is 0. The molecule has 4 amide bonds. The topological polar surface area (TPSA) is 105 Å². The predicted molar refractivity (Wildman–Crippen MR) is 91.7 cm³/mol. The molecule has 8 nitrogen and oxygen atoms in total. The van der Waals surface area contributed by atoms with E-state index in [2.05, 4.69) is 39.3 Å². The average molecular weight is 343 g/mol. The highest BCUT2D eigenvalue weighted by molar-refractivity contribution is 5.98. The number of fused-ring (bicyclic) bond motifs is 1. The predicted octanol–water partition coefficient (Wildman–Crippen LogP) is 1.22. The second kappa shape index (κ2) is 6.92. The molecule has 1 unspecified atom stereocenters. The molecule has 8 heteroatoms. The highest BCUT2D eigenvalue weighted by Gasteiger charge is 2.26. The number of para-hydroxylation sites is 2. The van der Waals surface area contributed by atoms with Gasteiger partial charge in [0, 0.05) is 12.5 Å². The van der Waals surface area contributed by atoms with E-state index in [0.717, 1.165) is 16.9 Å². The monoisotopic (exact) mass is 343 g/mol. The highest BCUT2D eigenvalue weighted by Crippen LogP contribution is 2.20. The Balaban J connectivity index is 1.74. The van der Waals surface area contributed by atoms with Gasteiger partial charge in [-0.05, 0) is 32.4 Å². The first-order valence-corrected chi connectivity index (χ1v) is 8.29. The summed E-state index contributed by atoms with van der Waals surface area (Å²) in [6, 6.07) is 6.63. The summed E-state index contributed by atoms with van der Waals surface area (Å²) >= 11 is 0. The molecule has 3 N–H and O–H groups in total. The van der Waals surface area contributed by atoms with Crippen LogP contribution in [0.1, 0.15) is 38.6 Å². The van der Waals surface area contributed by atoms with Crippen molar-refractivity contribution < 1.29 is 14.4 Å². The lowest BCUT2D eigenvalue weighted by molar-refractivity contribution is -0.123. The standard InChI is InChI=1S/C17H21N5O3/c1-10(2)22-13-6-4-3-5-11(13)19-14(22)9-18-16(24)12-7-8-15(23)21-17(25)20-12/h3-6,10,12H,7-9H2,1-2H3,(H,18,24)(H2,20,21,23,25). The van der Waals surface area contributed by atoms with Crippen molar-refractivity contribution >= 4 is 28.9 Å². The third-order valence-electron chi connectivity index (χ3n) is 4.14. The van der Waals surface area contributed by atoms with E-state index in [4.69, 9.17) is 0 Å². The van der Waals surface area contributed by atoms with E-state index in [9.17, 15) is 14.4 Å². The number of hydrogen-bond acceptors (Lipinski definition) is 4. The number of aromatic nitrogens is 2. The van der Waals surface area contributed by atoms with Crippen LogP contribution in [0, 0.1) is 0 Å². The van der Waals surface area contributed by atoms with E-state index < -0.39 is 12.1 Å². The molecular formula is C17H21N5O3. The van der Waals surface area contributed by atoms with Crippen molar-refractivity contribution in [3.8, 4) is 0 Å². The molecule has 0 radical (unpaired) electrons. The minimum absolute atomic E-state index is 0.126. The average Bonchev–Trinajstić information content (AvgIpc) is 2.85. The number of hydrogen-bond donors (Lipinski definition) is 3. The van der Waals surface area contributed by atoms with Gasteiger partial charge in [0.2, 0.25) is 11.8 Å². The van der Waals surface area contributed by atoms with E-state index >= 15 is 0 Å². The van der Waals surface area contributed by atoms with Crippen LogP contribution < -0.4 is 16.0 Å². The first-order chi connectivity index (χ1) is 12.0. The largest absolute Gasteiger partial charge is 0.347 e. The summed E-state index contributed by atoms with van der Waals surface area (Å²) in [6.45, 7) is 4.37. The molecule has 2 aromatic rings. The van der Waals surface area contributed by atoms with Gasteiger partial charge in [-0.3, -0.25) is 14.9 Å². The van der Waals surface area contributed by atoms with Crippen molar-refractivity contribution in [3.63, 3.8) is 0 Å². The Morgan fingerprint density at radius 1 is 1.36 bits per heavy atom.